The van der Waals surface area contributed by atoms with Crippen molar-refractivity contribution in [2.24, 2.45) is 10.9 Å². The number of rotatable bonds is 0. The second kappa shape index (κ2) is 2.50. The van der Waals surface area contributed by atoms with Gasteiger partial charge in [0.2, 0.25) is 0 Å². The molecule has 2 nitrogen and oxygen atoms in total. The predicted octanol–water partition coefficient (Wildman–Crippen LogP) is 1.99. The van der Waals surface area contributed by atoms with E-state index in [1.807, 2.05) is 6.92 Å². The molecule has 2 heteroatoms. The first-order valence-corrected chi connectivity index (χ1v) is 4.47. The first-order chi connectivity index (χ1) is 5.25. The first kappa shape index (κ1) is 7.14. The van der Waals surface area contributed by atoms with Gasteiger partial charge >= 0.3 is 0 Å². The lowest BCUT2D eigenvalue weighted by molar-refractivity contribution is 0.125. The van der Waals surface area contributed by atoms with Crippen LogP contribution in [0.3, 0.4) is 0 Å². The Morgan fingerprint density at radius 1 is 1.45 bits per heavy atom. The van der Waals surface area contributed by atoms with Crippen LogP contribution in [0.2, 0.25) is 0 Å². The molecule has 2 aliphatic rings. The lowest BCUT2D eigenvalue weighted by Gasteiger charge is -2.26. The van der Waals surface area contributed by atoms with Gasteiger partial charge in [-0.25, -0.2) is 4.99 Å². The fourth-order valence-electron chi connectivity index (χ4n) is 2.07. The summed E-state index contributed by atoms with van der Waals surface area (Å²) in [6.07, 6.45) is 4.16. The Kier molecular flexibility index (Phi) is 1.63. The van der Waals surface area contributed by atoms with E-state index in [1.165, 1.54) is 19.3 Å². The third-order valence-corrected chi connectivity index (χ3v) is 2.69. The minimum atomic E-state index is 0.416. The van der Waals surface area contributed by atoms with Crippen LogP contribution in [0.1, 0.15) is 33.1 Å². The van der Waals surface area contributed by atoms with Crippen molar-refractivity contribution in [2.45, 2.75) is 45.3 Å². The quantitative estimate of drug-likeness (QED) is 0.521. The maximum Gasteiger partial charge on any atom is 0.180 e. The zero-order valence-electron chi connectivity index (χ0n) is 7.21. The standard InChI is InChI=1S/C9H15NO/c1-6-3-4-8-9(5-6)11-7(2)10-8/h6,8-9H,3-5H2,1-2H3. The number of ether oxygens (including phenoxy) is 1. The van der Waals surface area contributed by atoms with Gasteiger partial charge in [-0.15, -0.1) is 0 Å². The number of hydrogen-bond donors (Lipinski definition) is 0. The largest absolute Gasteiger partial charge is 0.476 e. The number of nitrogens with zero attached hydrogens (tertiary/aromatic N) is 1. The average molecular weight is 153 g/mol. The molecule has 1 aliphatic heterocycles. The zero-order valence-corrected chi connectivity index (χ0v) is 7.21. The van der Waals surface area contributed by atoms with E-state index < -0.39 is 0 Å². The summed E-state index contributed by atoms with van der Waals surface area (Å²) in [6.45, 7) is 4.26. The van der Waals surface area contributed by atoms with Crippen LogP contribution in [0.4, 0.5) is 0 Å². The monoisotopic (exact) mass is 153 g/mol. The van der Waals surface area contributed by atoms with Gasteiger partial charge in [-0.3, -0.25) is 0 Å². The van der Waals surface area contributed by atoms with Crippen LogP contribution in [0.25, 0.3) is 0 Å². The van der Waals surface area contributed by atoms with Crippen LogP contribution in [-0.2, 0) is 4.74 Å². The Morgan fingerprint density at radius 3 is 3.09 bits per heavy atom. The molecule has 0 saturated heterocycles. The Labute approximate surface area is 67.7 Å². The van der Waals surface area contributed by atoms with Crippen LogP contribution in [-0.4, -0.2) is 18.0 Å². The zero-order chi connectivity index (χ0) is 7.84. The van der Waals surface area contributed by atoms with Crippen molar-refractivity contribution in [2.75, 3.05) is 0 Å². The highest BCUT2D eigenvalue weighted by atomic mass is 16.5. The van der Waals surface area contributed by atoms with Crippen molar-refractivity contribution in [1.29, 1.82) is 0 Å². The summed E-state index contributed by atoms with van der Waals surface area (Å²) in [6, 6.07) is 0.492. The van der Waals surface area contributed by atoms with Gasteiger partial charge in [0.1, 0.15) is 6.10 Å². The maximum atomic E-state index is 5.59. The van der Waals surface area contributed by atoms with E-state index in [0.29, 0.717) is 12.1 Å². The topological polar surface area (TPSA) is 21.6 Å². The number of fused-ring (bicyclic) bond motifs is 1. The fourth-order valence-corrected chi connectivity index (χ4v) is 2.07. The van der Waals surface area contributed by atoms with Gasteiger partial charge in [-0.05, 0) is 25.2 Å². The Hall–Kier alpha value is -0.530. The van der Waals surface area contributed by atoms with Crippen molar-refractivity contribution < 1.29 is 4.74 Å². The molecule has 1 heterocycles. The minimum Gasteiger partial charge on any atom is -0.476 e. The SMILES string of the molecule is CC1=NC2CCC(C)CC2O1. The van der Waals surface area contributed by atoms with Crippen molar-refractivity contribution in [3.05, 3.63) is 0 Å². The Balaban J connectivity index is 2.03. The molecule has 0 radical (unpaired) electrons. The normalized spacial score (nSPS) is 42.7. The molecule has 62 valence electrons. The van der Waals surface area contributed by atoms with Gasteiger partial charge in [0, 0.05) is 6.92 Å². The summed E-state index contributed by atoms with van der Waals surface area (Å²) < 4.78 is 5.59. The van der Waals surface area contributed by atoms with Crippen molar-refractivity contribution in [1.82, 2.24) is 0 Å². The molecule has 2 rings (SSSR count). The van der Waals surface area contributed by atoms with Crippen LogP contribution in [0, 0.1) is 5.92 Å². The summed E-state index contributed by atoms with van der Waals surface area (Å²) >= 11 is 0. The molecule has 0 amide bonds. The molecule has 11 heavy (non-hydrogen) atoms. The summed E-state index contributed by atoms with van der Waals surface area (Å²) in [4.78, 5) is 4.44. The van der Waals surface area contributed by atoms with Crippen LogP contribution >= 0.6 is 0 Å². The van der Waals surface area contributed by atoms with Crippen molar-refractivity contribution >= 4 is 5.90 Å². The van der Waals surface area contributed by atoms with Gasteiger partial charge in [0.25, 0.3) is 0 Å². The highest BCUT2D eigenvalue weighted by Crippen LogP contribution is 2.31. The maximum absolute atomic E-state index is 5.59. The van der Waals surface area contributed by atoms with E-state index in [0.717, 1.165) is 11.8 Å². The van der Waals surface area contributed by atoms with E-state index in [-0.39, 0.29) is 0 Å². The van der Waals surface area contributed by atoms with Gasteiger partial charge in [0.05, 0.1) is 6.04 Å². The molecule has 1 aliphatic carbocycles. The average Bonchev–Trinajstić information content (AvgIpc) is 2.27. The van der Waals surface area contributed by atoms with E-state index in [1.54, 1.807) is 0 Å². The summed E-state index contributed by atoms with van der Waals surface area (Å²) in [5, 5.41) is 0. The first-order valence-electron chi connectivity index (χ1n) is 4.47. The van der Waals surface area contributed by atoms with Gasteiger partial charge in [-0.1, -0.05) is 6.92 Å². The second-order valence-corrected chi connectivity index (χ2v) is 3.79. The Morgan fingerprint density at radius 2 is 2.27 bits per heavy atom. The lowest BCUT2D eigenvalue weighted by atomic mass is 9.86. The van der Waals surface area contributed by atoms with E-state index in [4.69, 9.17) is 4.74 Å². The number of hydrogen-bond acceptors (Lipinski definition) is 2. The molecule has 0 aromatic rings. The molecule has 0 aromatic heterocycles. The van der Waals surface area contributed by atoms with Crippen LogP contribution in [0.15, 0.2) is 4.99 Å². The summed E-state index contributed by atoms with van der Waals surface area (Å²) in [5.41, 5.74) is 0. The Bertz CT molecular complexity index is 188. The fraction of sp³-hybridized carbons (Fsp3) is 0.889. The van der Waals surface area contributed by atoms with Gasteiger partial charge < -0.3 is 4.74 Å². The van der Waals surface area contributed by atoms with Crippen molar-refractivity contribution in [3.8, 4) is 0 Å². The third-order valence-electron chi connectivity index (χ3n) is 2.69. The molecule has 3 atom stereocenters. The summed E-state index contributed by atoms with van der Waals surface area (Å²) in [7, 11) is 0. The van der Waals surface area contributed by atoms with E-state index >= 15 is 0 Å². The molecular weight excluding hydrogens is 138 g/mol. The van der Waals surface area contributed by atoms with E-state index in [9.17, 15) is 0 Å². The third kappa shape index (κ3) is 1.26. The second-order valence-electron chi connectivity index (χ2n) is 3.79. The predicted molar refractivity (Wildman–Crippen MR) is 44.8 cm³/mol. The number of aliphatic imine (C=N–C) groups is 1. The molecule has 1 saturated carbocycles. The minimum absolute atomic E-state index is 0.416. The summed E-state index contributed by atoms with van der Waals surface area (Å²) in [5.74, 6) is 1.73. The van der Waals surface area contributed by atoms with Crippen molar-refractivity contribution in [3.63, 3.8) is 0 Å². The molecule has 0 aromatic carbocycles. The van der Waals surface area contributed by atoms with Crippen LogP contribution < -0.4 is 0 Å². The van der Waals surface area contributed by atoms with Crippen LogP contribution in [0.5, 0.6) is 0 Å². The molecule has 1 fully saturated rings. The van der Waals surface area contributed by atoms with Gasteiger partial charge in [0.15, 0.2) is 5.90 Å². The van der Waals surface area contributed by atoms with E-state index in [2.05, 4.69) is 11.9 Å². The molecule has 0 spiro atoms. The smallest absolute Gasteiger partial charge is 0.180 e. The highest BCUT2D eigenvalue weighted by molar-refractivity contribution is 5.75. The molecule has 0 bridgehead atoms. The lowest BCUT2D eigenvalue weighted by Crippen LogP contribution is -2.29. The molecular formula is C9H15NO. The molecule has 0 N–H and O–H groups in total. The highest BCUT2D eigenvalue weighted by Gasteiger charge is 2.33. The van der Waals surface area contributed by atoms with Gasteiger partial charge in [-0.2, -0.15) is 0 Å². The molecule has 3 unspecified atom stereocenters.